The zero-order valence-corrected chi connectivity index (χ0v) is 14.2. The molecular weight excluding hydrogens is 288 g/mol. The lowest BCUT2D eigenvalue weighted by molar-refractivity contribution is -0.124. The molecule has 0 aliphatic heterocycles. The Morgan fingerprint density at radius 3 is 2.30 bits per heavy atom. The largest absolute Gasteiger partial charge is 0.305 e. The molecule has 1 aromatic heterocycles. The van der Waals surface area contributed by atoms with Crippen molar-refractivity contribution in [2.75, 3.05) is 0 Å². The normalized spacial score (nSPS) is 12.6. The summed E-state index contributed by atoms with van der Waals surface area (Å²) < 4.78 is 0. The van der Waals surface area contributed by atoms with Crippen molar-refractivity contribution in [3.05, 3.63) is 42.2 Å². The first-order valence-electron chi connectivity index (χ1n) is 8.00. The molecule has 0 spiro atoms. The third-order valence-electron chi connectivity index (χ3n) is 3.58. The summed E-state index contributed by atoms with van der Waals surface area (Å²) in [5.41, 5.74) is 2.04. The summed E-state index contributed by atoms with van der Waals surface area (Å²) in [6.45, 7) is 8.01. The quantitative estimate of drug-likeness (QED) is 0.851. The van der Waals surface area contributed by atoms with E-state index in [2.05, 4.69) is 34.3 Å². The molecule has 0 saturated carbocycles. The number of hydrogen-bond donors (Lipinski definition) is 1. The first-order chi connectivity index (χ1) is 11.0. The lowest BCUT2D eigenvalue weighted by atomic mass is 9.94. The molecule has 1 N–H and O–H groups in total. The van der Waals surface area contributed by atoms with Gasteiger partial charge in [-0.1, -0.05) is 52.0 Å². The summed E-state index contributed by atoms with van der Waals surface area (Å²) >= 11 is 0. The highest BCUT2D eigenvalue weighted by Crippen LogP contribution is 2.16. The molecule has 5 heteroatoms. The van der Waals surface area contributed by atoms with Gasteiger partial charge < -0.3 is 5.32 Å². The molecular formula is C18H24N4O. The number of aromatic nitrogens is 3. The number of rotatable bonds is 7. The van der Waals surface area contributed by atoms with E-state index in [1.165, 1.54) is 0 Å². The van der Waals surface area contributed by atoms with Gasteiger partial charge in [0, 0.05) is 23.7 Å². The van der Waals surface area contributed by atoms with E-state index in [1.54, 1.807) is 12.4 Å². The van der Waals surface area contributed by atoms with Crippen LogP contribution in [-0.4, -0.2) is 33.0 Å². The topological polar surface area (TPSA) is 67.8 Å². The molecule has 1 atom stereocenters. The monoisotopic (exact) mass is 312 g/mol. The van der Waals surface area contributed by atoms with Crippen LogP contribution in [0.15, 0.2) is 36.7 Å². The standard InChI is InChI=1S/C18H24N4O/c1-12(2)17(23)16(21-13(3)4)11-14-5-7-15(8-6-14)18-19-9-10-20-22-18/h5-10,12-13,16,21H,11H2,1-4H3. The molecule has 5 nitrogen and oxygen atoms in total. The molecule has 0 radical (unpaired) electrons. The molecule has 122 valence electrons. The van der Waals surface area contributed by atoms with Crippen LogP contribution in [0, 0.1) is 5.92 Å². The van der Waals surface area contributed by atoms with E-state index < -0.39 is 0 Å². The first-order valence-corrected chi connectivity index (χ1v) is 8.00. The molecule has 0 fully saturated rings. The smallest absolute Gasteiger partial charge is 0.181 e. The maximum atomic E-state index is 12.4. The van der Waals surface area contributed by atoms with E-state index in [0.29, 0.717) is 12.2 Å². The minimum Gasteiger partial charge on any atom is -0.305 e. The first kappa shape index (κ1) is 17.2. The van der Waals surface area contributed by atoms with Crippen LogP contribution in [0.2, 0.25) is 0 Å². The number of carbonyl (C=O) groups is 1. The molecule has 0 bridgehead atoms. The Morgan fingerprint density at radius 1 is 1.09 bits per heavy atom. The van der Waals surface area contributed by atoms with Gasteiger partial charge >= 0.3 is 0 Å². The van der Waals surface area contributed by atoms with Crippen molar-refractivity contribution < 1.29 is 4.79 Å². The molecule has 0 amide bonds. The fourth-order valence-corrected chi connectivity index (χ4v) is 2.45. The summed E-state index contributed by atoms with van der Waals surface area (Å²) in [6, 6.07) is 8.10. The van der Waals surface area contributed by atoms with Gasteiger partial charge in [0.25, 0.3) is 0 Å². The number of carbonyl (C=O) groups excluding carboxylic acids is 1. The van der Waals surface area contributed by atoms with Crippen molar-refractivity contribution in [2.45, 2.75) is 46.2 Å². The Hall–Kier alpha value is -2.14. The van der Waals surface area contributed by atoms with Crippen molar-refractivity contribution in [2.24, 2.45) is 5.92 Å². The van der Waals surface area contributed by atoms with Gasteiger partial charge in [-0.15, -0.1) is 5.10 Å². The van der Waals surface area contributed by atoms with Gasteiger partial charge in [0.15, 0.2) is 11.6 Å². The minimum absolute atomic E-state index is 0.0225. The molecule has 0 aliphatic rings. The number of benzene rings is 1. The molecule has 0 saturated heterocycles. The fraction of sp³-hybridized carbons (Fsp3) is 0.444. The molecule has 1 aromatic carbocycles. The Morgan fingerprint density at radius 2 is 1.78 bits per heavy atom. The average Bonchev–Trinajstić information content (AvgIpc) is 2.54. The molecule has 23 heavy (non-hydrogen) atoms. The maximum absolute atomic E-state index is 12.4. The molecule has 1 heterocycles. The summed E-state index contributed by atoms with van der Waals surface area (Å²) in [7, 11) is 0. The van der Waals surface area contributed by atoms with Gasteiger partial charge in [-0.05, 0) is 12.0 Å². The molecule has 2 rings (SSSR count). The predicted molar refractivity (Wildman–Crippen MR) is 90.9 cm³/mol. The second-order valence-corrected chi connectivity index (χ2v) is 6.30. The highest BCUT2D eigenvalue weighted by atomic mass is 16.1. The van der Waals surface area contributed by atoms with E-state index in [0.717, 1.165) is 11.1 Å². The van der Waals surface area contributed by atoms with Crippen LogP contribution in [0.4, 0.5) is 0 Å². The van der Waals surface area contributed by atoms with Crippen LogP contribution in [0.25, 0.3) is 11.4 Å². The van der Waals surface area contributed by atoms with Crippen LogP contribution in [0.3, 0.4) is 0 Å². The zero-order valence-electron chi connectivity index (χ0n) is 14.2. The summed E-state index contributed by atoms with van der Waals surface area (Å²) in [5.74, 6) is 0.877. The Labute approximate surface area is 137 Å². The van der Waals surface area contributed by atoms with Gasteiger partial charge in [-0.2, -0.15) is 5.10 Å². The second kappa shape index (κ2) is 7.92. The number of ketones is 1. The van der Waals surface area contributed by atoms with Crippen LogP contribution < -0.4 is 5.32 Å². The third-order valence-corrected chi connectivity index (χ3v) is 3.58. The number of nitrogens with zero attached hydrogens (tertiary/aromatic N) is 3. The lowest BCUT2D eigenvalue weighted by Gasteiger charge is -2.22. The van der Waals surface area contributed by atoms with E-state index in [-0.39, 0.29) is 23.8 Å². The van der Waals surface area contributed by atoms with E-state index in [1.807, 2.05) is 38.1 Å². The highest BCUT2D eigenvalue weighted by molar-refractivity contribution is 5.86. The molecule has 2 aromatic rings. The van der Waals surface area contributed by atoms with E-state index >= 15 is 0 Å². The van der Waals surface area contributed by atoms with Crippen molar-refractivity contribution in [3.8, 4) is 11.4 Å². The van der Waals surface area contributed by atoms with Crippen LogP contribution in [-0.2, 0) is 11.2 Å². The number of hydrogen-bond acceptors (Lipinski definition) is 5. The third kappa shape index (κ3) is 4.93. The average molecular weight is 312 g/mol. The van der Waals surface area contributed by atoms with Crippen LogP contribution in [0.5, 0.6) is 0 Å². The number of nitrogens with one attached hydrogen (secondary N) is 1. The number of Topliss-reactive ketones (excluding diaryl/α,β-unsaturated/α-hetero) is 1. The van der Waals surface area contributed by atoms with E-state index in [4.69, 9.17) is 0 Å². The van der Waals surface area contributed by atoms with Gasteiger partial charge in [-0.3, -0.25) is 4.79 Å². The van der Waals surface area contributed by atoms with Gasteiger partial charge in [0.1, 0.15) is 0 Å². The maximum Gasteiger partial charge on any atom is 0.181 e. The zero-order chi connectivity index (χ0) is 16.8. The van der Waals surface area contributed by atoms with Crippen LogP contribution in [0.1, 0.15) is 33.3 Å². The van der Waals surface area contributed by atoms with Crippen molar-refractivity contribution in [1.82, 2.24) is 20.5 Å². The Balaban J connectivity index is 2.12. The SMILES string of the molecule is CC(C)NC(Cc1ccc(-c2nccnn2)cc1)C(=O)C(C)C. The summed E-state index contributed by atoms with van der Waals surface area (Å²) in [6.07, 6.45) is 3.86. The summed E-state index contributed by atoms with van der Waals surface area (Å²) in [4.78, 5) is 16.6. The van der Waals surface area contributed by atoms with Gasteiger partial charge in [0.2, 0.25) is 0 Å². The van der Waals surface area contributed by atoms with Crippen molar-refractivity contribution >= 4 is 5.78 Å². The second-order valence-electron chi connectivity index (χ2n) is 6.30. The van der Waals surface area contributed by atoms with Crippen LogP contribution >= 0.6 is 0 Å². The molecule has 1 unspecified atom stereocenters. The minimum atomic E-state index is -0.157. The Bertz CT molecular complexity index is 623. The van der Waals surface area contributed by atoms with E-state index in [9.17, 15) is 4.79 Å². The fourth-order valence-electron chi connectivity index (χ4n) is 2.45. The highest BCUT2D eigenvalue weighted by Gasteiger charge is 2.22. The predicted octanol–water partition coefficient (Wildman–Crippen LogP) is 2.67. The molecule has 0 aliphatic carbocycles. The Kier molecular flexibility index (Phi) is 5.93. The lowest BCUT2D eigenvalue weighted by Crippen LogP contribution is -2.44. The summed E-state index contributed by atoms with van der Waals surface area (Å²) in [5, 5.41) is 11.2. The van der Waals surface area contributed by atoms with Crippen molar-refractivity contribution in [1.29, 1.82) is 0 Å². The van der Waals surface area contributed by atoms with Crippen molar-refractivity contribution in [3.63, 3.8) is 0 Å². The van der Waals surface area contributed by atoms with Gasteiger partial charge in [-0.25, -0.2) is 4.98 Å². The van der Waals surface area contributed by atoms with Gasteiger partial charge in [0.05, 0.1) is 12.2 Å².